The number of hydrogen-bond donors (Lipinski definition) is 2. The second-order valence-electron chi connectivity index (χ2n) is 10.1. The van der Waals surface area contributed by atoms with E-state index in [1.165, 1.54) is 28.8 Å². The summed E-state index contributed by atoms with van der Waals surface area (Å²) >= 11 is 0. The van der Waals surface area contributed by atoms with Crippen LogP contribution in [0.2, 0.25) is 0 Å². The van der Waals surface area contributed by atoms with Crippen LogP contribution in [0.5, 0.6) is 0 Å². The largest absolute Gasteiger partial charge is 0.416 e. The first-order valence-electron chi connectivity index (χ1n) is 13.1. The lowest BCUT2D eigenvalue weighted by atomic mass is 10.1. The third kappa shape index (κ3) is 6.77. The molecule has 0 radical (unpaired) electrons. The number of benzene rings is 3. The molecule has 1 aromatic heterocycles. The van der Waals surface area contributed by atoms with Gasteiger partial charge in [-0.05, 0) is 53.8 Å². The number of fused-ring (bicyclic) bond motifs is 1. The Hall–Kier alpha value is -4.71. The Morgan fingerprint density at radius 3 is 2.29 bits per heavy atom. The number of aromatic nitrogens is 2. The van der Waals surface area contributed by atoms with Gasteiger partial charge >= 0.3 is 17.8 Å². The van der Waals surface area contributed by atoms with Crippen LogP contribution < -0.4 is 22.5 Å². The van der Waals surface area contributed by atoms with Crippen LogP contribution in [0.15, 0.2) is 82.4 Å². The molecule has 0 saturated heterocycles. The van der Waals surface area contributed by atoms with Crippen LogP contribution in [0.1, 0.15) is 40.9 Å². The summed E-state index contributed by atoms with van der Waals surface area (Å²) in [6, 6.07) is 16.6. The summed E-state index contributed by atoms with van der Waals surface area (Å²) in [4.78, 5) is 55.8. The monoisotopic (exact) mass is 582 g/mol. The first-order valence-corrected chi connectivity index (χ1v) is 13.1. The Bertz CT molecular complexity index is 1730. The van der Waals surface area contributed by atoms with Gasteiger partial charge in [0.15, 0.2) is 0 Å². The number of nitrogens with two attached hydrogens (primary N) is 1. The maximum atomic E-state index is 13.5. The number of alkyl halides is 3. The average Bonchev–Trinajstić information content (AvgIpc) is 2.97. The number of amides is 1. The summed E-state index contributed by atoms with van der Waals surface area (Å²) in [5.74, 6) is -1.62. The van der Waals surface area contributed by atoms with Crippen LogP contribution >= 0.6 is 0 Å². The molecule has 4 aromatic rings. The summed E-state index contributed by atoms with van der Waals surface area (Å²) < 4.78 is 41.8. The van der Waals surface area contributed by atoms with E-state index in [9.17, 15) is 32.3 Å². The Balaban J connectivity index is 1.57. The fourth-order valence-electron chi connectivity index (χ4n) is 4.30. The minimum atomic E-state index is -4.51. The number of aryl methyl sites for hydroxylation is 1. The highest BCUT2D eigenvalue weighted by atomic mass is 19.4. The van der Waals surface area contributed by atoms with Gasteiger partial charge in [-0.2, -0.15) is 18.7 Å². The predicted octanol–water partition coefficient (Wildman–Crippen LogP) is 3.64. The number of hydrogen-bond acceptors (Lipinski definition) is 6. The van der Waals surface area contributed by atoms with E-state index < -0.39 is 40.9 Å². The van der Waals surface area contributed by atoms with Crippen molar-refractivity contribution in [2.45, 2.75) is 45.6 Å². The third-order valence-corrected chi connectivity index (χ3v) is 6.80. The SMILES string of the molecule is CC(C)C(N)C(=O)ONC(=O)c1ccc(Cn2c(=O)n(CCc3cccc(C(F)(F)F)c3)c(=O)c3ccccc32)cc1. The normalized spacial score (nSPS) is 12.4. The number of carbonyl (C=O) groups is 2. The highest BCUT2D eigenvalue weighted by Crippen LogP contribution is 2.29. The van der Waals surface area contributed by atoms with Crippen LogP contribution in [-0.4, -0.2) is 27.1 Å². The molecule has 3 N–H and O–H groups in total. The lowest BCUT2D eigenvalue weighted by Gasteiger charge is -2.15. The van der Waals surface area contributed by atoms with E-state index in [0.717, 1.165) is 16.7 Å². The molecule has 0 fully saturated rings. The van der Waals surface area contributed by atoms with Crippen molar-refractivity contribution >= 4 is 22.8 Å². The second kappa shape index (κ2) is 12.4. The van der Waals surface area contributed by atoms with Crippen LogP contribution in [0.4, 0.5) is 13.2 Å². The van der Waals surface area contributed by atoms with Crippen molar-refractivity contribution in [1.29, 1.82) is 0 Å². The number of hydroxylamine groups is 1. The second-order valence-corrected chi connectivity index (χ2v) is 10.1. The number of rotatable bonds is 8. The van der Waals surface area contributed by atoms with E-state index in [2.05, 4.69) is 5.48 Å². The molecular formula is C30H29F3N4O5. The number of halogens is 3. The molecule has 1 amide bonds. The maximum absolute atomic E-state index is 13.5. The third-order valence-electron chi connectivity index (χ3n) is 6.80. The van der Waals surface area contributed by atoms with Crippen molar-refractivity contribution in [1.82, 2.24) is 14.6 Å². The molecule has 42 heavy (non-hydrogen) atoms. The Labute approximate surface area is 238 Å². The molecule has 0 aliphatic carbocycles. The smallest absolute Gasteiger partial charge is 0.339 e. The number of para-hydroxylation sites is 1. The highest BCUT2D eigenvalue weighted by Gasteiger charge is 2.30. The van der Waals surface area contributed by atoms with Gasteiger partial charge < -0.3 is 10.6 Å². The van der Waals surface area contributed by atoms with E-state index >= 15 is 0 Å². The molecule has 4 rings (SSSR count). The van der Waals surface area contributed by atoms with E-state index in [4.69, 9.17) is 10.6 Å². The van der Waals surface area contributed by atoms with Crippen molar-refractivity contribution in [3.8, 4) is 0 Å². The molecule has 220 valence electrons. The molecule has 3 aromatic carbocycles. The van der Waals surface area contributed by atoms with Crippen LogP contribution in [0, 0.1) is 5.92 Å². The van der Waals surface area contributed by atoms with Gasteiger partial charge in [0.25, 0.3) is 11.5 Å². The van der Waals surface area contributed by atoms with E-state index in [0.29, 0.717) is 16.6 Å². The zero-order chi connectivity index (χ0) is 30.6. The van der Waals surface area contributed by atoms with Crippen molar-refractivity contribution in [2.75, 3.05) is 0 Å². The lowest BCUT2D eigenvalue weighted by molar-refractivity contribution is -0.151. The summed E-state index contributed by atoms with van der Waals surface area (Å²) in [7, 11) is 0. The van der Waals surface area contributed by atoms with Crippen LogP contribution in [0.25, 0.3) is 10.9 Å². The van der Waals surface area contributed by atoms with E-state index in [-0.39, 0.29) is 36.4 Å². The fourth-order valence-corrected chi connectivity index (χ4v) is 4.30. The summed E-state index contributed by atoms with van der Waals surface area (Å²) in [5, 5.41) is 0.276. The Morgan fingerprint density at radius 2 is 1.62 bits per heavy atom. The molecule has 12 heteroatoms. The van der Waals surface area contributed by atoms with Gasteiger partial charge in [-0.15, -0.1) is 0 Å². The molecule has 0 saturated carbocycles. The van der Waals surface area contributed by atoms with Crippen molar-refractivity contribution in [3.63, 3.8) is 0 Å². The molecule has 0 spiro atoms. The molecule has 1 atom stereocenters. The molecule has 0 aliphatic rings. The first kappa shape index (κ1) is 30.3. The van der Waals surface area contributed by atoms with E-state index in [1.54, 1.807) is 50.2 Å². The maximum Gasteiger partial charge on any atom is 0.416 e. The lowest BCUT2D eigenvalue weighted by Crippen LogP contribution is -2.41. The molecule has 0 aliphatic heterocycles. The fraction of sp³-hybridized carbons (Fsp3) is 0.267. The molecule has 0 bridgehead atoms. The summed E-state index contributed by atoms with van der Waals surface area (Å²) in [6.07, 6.45) is -4.47. The van der Waals surface area contributed by atoms with Gasteiger partial charge in [-0.1, -0.05) is 56.3 Å². The molecular weight excluding hydrogens is 553 g/mol. The van der Waals surface area contributed by atoms with E-state index in [1.807, 2.05) is 0 Å². The van der Waals surface area contributed by atoms with Gasteiger partial charge in [0.05, 0.1) is 23.0 Å². The van der Waals surface area contributed by atoms with Crippen molar-refractivity contribution < 1.29 is 27.6 Å². The van der Waals surface area contributed by atoms with Gasteiger partial charge in [-0.25, -0.2) is 9.59 Å². The van der Waals surface area contributed by atoms with Crippen LogP contribution in [0.3, 0.4) is 0 Å². The van der Waals surface area contributed by atoms with Crippen molar-refractivity contribution in [2.24, 2.45) is 11.7 Å². The summed E-state index contributed by atoms with van der Waals surface area (Å²) in [6.45, 7) is 3.40. The van der Waals surface area contributed by atoms with Gasteiger partial charge in [0.1, 0.15) is 6.04 Å². The quantitative estimate of drug-likeness (QED) is 0.306. The summed E-state index contributed by atoms with van der Waals surface area (Å²) in [5.41, 5.74) is 7.33. The average molecular weight is 583 g/mol. The van der Waals surface area contributed by atoms with Gasteiger partial charge in [0.2, 0.25) is 0 Å². The number of carbonyl (C=O) groups excluding carboxylic acids is 2. The van der Waals surface area contributed by atoms with Gasteiger partial charge in [-0.3, -0.25) is 18.7 Å². The molecule has 9 nitrogen and oxygen atoms in total. The Morgan fingerprint density at radius 1 is 0.929 bits per heavy atom. The topological polar surface area (TPSA) is 125 Å². The standard InChI is InChI=1S/C30H29F3N4O5/c1-18(2)25(34)28(40)42-35-26(38)21-12-10-20(11-13-21)17-37-24-9-4-3-8-23(24)27(39)36(29(37)41)15-14-19-6-5-7-22(16-19)30(31,32)33/h3-13,16,18,25H,14-15,17,34H2,1-2H3,(H,35,38). The number of nitrogens with one attached hydrogen (secondary N) is 1. The predicted molar refractivity (Wildman–Crippen MR) is 150 cm³/mol. The molecule has 1 heterocycles. The van der Waals surface area contributed by atoms with Gasteiger partial charge in [0, 0.05) is 12.1 Å². The van der Waals surface area contributed by atoms with Crippen molar-refractivity contribution in [3.05, 3.63) is 116 Å². The minimum absolute atomic E-state index is 0.0356. The zero-order valence-electron chi connectivity index (χ0n) is 22.9. The zero-order valence-corrected chi connectivity index (χ0v) is 22.9. The number of nitrogens with zero attached hydrogens (tertiary/aromatic N) is 2. The first-order chi connectivity index (χ1) is 19.9. The minimum Gasteiger partial charge on any atom is -0.339 e. The molecule has 1 unspecified atom stereocenters. The highest BCUT2D eigenvalue weighted by molar-refractivity contribution is 5.94. The van der Waals surface area contributed by atoms with Crippen LogP contribution in [-0.2, 0) is 35.3 Å². The Kier molecular flexibility index (Phi) is 8.96.